The van der Waals surface area contributed by atoms with Crippen LogP contribution in [0.1, 0.15) is 23.1 Å². The molecule has 1 aromatic carbocycles. The van der Waals surface area contributed by atoms with Crippen LogP contribution in [0.2, 0.25) is 5.02 Å². The summed E-state index contributed by atoms with van der Waals surface area (Å²) >= 11 is 6.07. The maximum Gasteiger partial charge on any atom is 0.433 e. The summed E-state index contributed by atoms with van der Waals surface area (Å²) < 4.78 is 59.9. The van der Waals surface area contributed by atoms with Crippen LogP contribution in [0.5, 0.6) is 0 Å². The topological polar surface area (TPSA) is 162 Å². The number of alkyl halides is 3. The van der Waals surface area contributed by atoms with Gasteiger partial charge < -0.3 is 10.9 Å². The van der Waals surface area contributed by atoms with Gasteiger partial charge in [0, 0.05) is 30.2 Å². The molecule has 5 aromatic heterocycles. The fraction of sp³-hybridized carbons (Fsp3) is 0.143. The summed E-state index contributed by atoms with van der Waals surface area (Å²) in [5.41, 5.74) is 5.61. The molecule has 6 aromatic rings. The number of rotatable bonds is 9. The number of halogens is 5. The van der Waals surface area contributed by atoms with Crippen LogP contribution in [-0.2, 0) is 23.9 Å². The molecule has 0 aliphatic rings. The normalized spacial score (nSPS) is 12.4. The third-order valence-electron chi connectivity index (χ3n) is 6.96. The van der Waals surface area contributed by atoms with Crippen molar-refractivity contribution in [2.24, 2.45) is 5.73 Å². The van der Waals surface area contributed by atoms with Crippen molar-refractivity contribution in [2.45, 2.75) is 25.2 Å². The molecule has 1 unspecified atom stereocenters. The SMILES string of the molecule is NC(=O)Cc1ccn(CC(c2ccc(-c3c(-n4cnnn4)ccc(Cl)c3F)c[n+]2[O-])n2cc(-c3ccnc(C(F)(F)F)c3)cn2)n1. The molecule has 2 N–H and O–H groups in total. The first kappa shape index (κ1) is 30.3. The van der Waals surface area contributed by atoms with Crippen molar-refractivity contribution in [3.8, 4) is 27.9 Å². The lowest BCUT2D eigenvalue weighted by atomic mass is 10.0. The molecule has 6 rings (SSSR count). The Bertz CT molecular complexity index is 2040. The first-order valence-corrected chi connectivity index (χ1v) is 13.7. The van der Waals surface area contributed by atoms with E-state index in [1.54, 1.807) is 12.3 Å². The zero-order chi connectivity index (χ0) is 32.6. The lowest BCUT2D eigenvalue weighted by Gasteiger charge is -2.18. The Morgan fingerprint density at radius 3 is 2.65 bits per heavy atom. The summed E-state index contributed by atoms with van der Waals surface area (Å²) in [7, 11) is 0. The van der Waals surface area contributed by atoms with Crippen molar-refractivity contribution in [3.05, 3.63) is 113 Å². The van der Waals surface area contributed by atoms with Gasteiger partial charge in [-0.2, -0.15) is 32.8 Å². The van der Waals surface area contributed by atoms with E-state index < -0.39 is 29.6 Å². The summed E-state index contributed by atoms with van der Waals surface area (Å²) in [5.74, 6) is -1.39. The highest BCUT2D eigenvalue weighted by Crippen LogP contribution is 2.34. The van der Waals surface area contributed by atoms with Gasteiger partial charge in [-0.25, -0.2) is 4.39 Å². The lowest BCUT2D eigenvalue weighted by molar-refractivity contribution is -0.615. The molecule has 0 saturated heterocycles. The highest BCUT2D eigenvalue weighted by Gasteiger charge is 2.33. The third-order valence-corrected chi connectivity index (χ3v) is 7.25. The second-order valence-corrected chi connectivity index (χ2v) is 10.4. The Kier molecular flexibility index (Phi) is 7.91. The molecule has 0 bridgehead atoms. The van der Waals surface area contributed by atoms with Crippen LogP contribution in [0.15, 0.2) is 79.8 Å². The minimum atomic E-state index is -4.65. The van der Waals surface area contributed by atoms with E-state index in [4.69, 9.17) is 17.3 Å². The molecule has 0 fully saturated rings. The first-order valence-electron chi connectivity index (χ1n) is 13.3. The number of nitrogens with zero attached hydrogens (tertiary/aromatic N) is 10. The Labute approximate surface area is 261 Å². The molecule has 234 valence electrons. The van der Waals surface area contributed by atoms with Gasteiger partial charge in [0.15, 0.2) is 18.1 Å². The van der Waals surface area contributed by atoms with Gasteiger partial charge >= 0.3 is 6.18 Å². The number of hydrogen-bond donors (Lipinski definition) is 1. The van der Waals surface area contributed by atoms with E-state index in [9.17, 15) is 23.2 Å². The number of tetrazole rings is 1. The van der Waals surface area contributed by atoms with Gasteiger partial charge in [0.25, 0.3) is 0 Å². The van der Waals surface area contributed by atoms with Gasteiger partial charge in [-0.1, -0.05) is 11.6 Å². The molecule has 46 heavy (non-hydrogen) atoms. The van der Waals surface area contributed by atoms with E-state index in [2.05, 4.69) is 30.7 Å². The first-order chi connectivity index (χ1) is 22.0. The minimum absolute atomic E-state index is 0.00696. The predicted molar refractivity (Wildman–Crippen MR) is 152 cm³/mol. The maximum absolute atomic E-state index is 15.4. The van der Waals surface area contributed by atoms with E-state index in [-0.39, 0.29) is 46.1 Å². The minimum Gasteiger partial charge on any atom is -0.618 e. The number of carbonyl (C=O) groups excluding carboxylic acids is 1. The number of amides is 1. The highest BCUT2D eigenvalue weighted by molar-refractivity contribution is 6.31. The largest absolute Gasteiger partial charge is 0.618 e. The fourth-order valence-electron chi connectivity index (χ4n) is 4.87. The van der Waals surface area contributed by atoms with E-state index in [0.29, 0.717) is 16.0 Å². The molecule has 0 aliphatic heterocycles. The van der Waals surface area contributed by atoms with Crippen LogP contribution in [0.25, 0.3) is 27.9 Å². The van der Waals surface area contributed by atoms with Gasteiger partial charge in [0.1, 0.15) is 12.0 Å². The lowest BCUT2D eigenvalue weighted by Crippen LogP contribution is -2.37. The van der Waals surface area contributed by atoms with Crippen molar-refractivity contribution < 1.29 is 27.1 Å². The van der Waals surface area contributed by atoms with Crippen LogP contribution < -0.4 is 10.5 Å². The van der Waals surface area contributed by atoms with Crippen LogP contribution in [0.4, 0.5) is 17.6 Å². The smallest absolute Gasteiger partial charge is 0.433 e. The van der Waals surface area contributed by atoms with Crippen LogP contribution in [0.3, 0.4) is 0 Å². The molecule has 0 radical (unpaired) electrons. The summed E-state index contributed by atoms with van der Waals surface area (Å²) in [6, 6.07) is 8.79. The monoisotopic (exact) mass is 653 g/mol. The molecule has 1 atom stereocenters. The van der Waals surface area contributed by atoms with Crippen molar-refractivity contribution >= 4 is 17.5 Å². The van der Waals surface area contributed by atoms with E-state index in [0.717, 1.165) is 18.5 Å². The summed E-state index contributed by atoms with van der Waals surface area (Å²) in [4.78, 5) is 14.8. The Morgan fingerprint density at radius 2 is 1.93 bits per heavy atom. The van der Waals surface area contributed by atoms with E-state index >= 15 is 4.39 Å². The number of aromatic nitrogens is 10. The molecule has 18 heteroatoms. The third kappa shape index (κ3) is 6.12. The van der Waals surface area contributed by atoms with E-state index in [1.807, 2.05) is 0 Å². The summed E-state index contributed by atoms with van der Waals surface area (Å²) in [5, 5.41) is 33.1. The standard InChI is InChI=1S/C28H20ClF4N11O2/c29-20-2-4-22(43-15-36-39-40-43)26(27(20)30)17-1-3-21(44(46)13-17)23(14-41-8-6-19(38-41)10-25(34)45)42-12-18(11-37-42)16-5-7-35-24(9-16)28(31,32)33/h1-9,11-13,15,23H,10,14H2,(H2,34,45). The van der Waals surface area contributed by atoms with Gasteiger partial charge in [-0.3, -0.25) is 19.1 Å². The number of benzene rings is 1. The number of hydrogen-bond acceptors (Lipinski definition) is 8. The average molecular weight is 654 g/mol. The summed E-state index contributed by atoms with van der Waals surface area (Å²) in [6.45, 7) is 0.00696. The zero-order valence-corrected chi connectivity index (χ0v) is 24.0. The van der Waals surface area contributed by atoms with E-state index in [1.165, 1.54) is 63.1 Å². The highest BCUT2D eigenvalue weighted by atomic mass is 35.5. The molecular weight excluding hydrogens is 634 g/mol. The van der Waals surface area contributed by atoms with Crippen molar-refractivity contribution in [2.75, 3.05) is 0 Å². The molecule has 0 aliphatic carbocycles. The van der Waals surface area contributed by atoms with Crippen LogP contribution >= 0.6 is 11.6 Å². The molecule has 5 heterocycles. The molecule has 13 nitrogen and oxygen atoms in total. The maximum atomic E-state index is 15.4. The van der Waals surface area contributed by atoms with Gasteiger partial charge in [0.05, 0.1) is 46.7 Å². The average Bonchev–Trinajstić information content (AvgIpc) is 3.80. The molecule has 0 spiro atoms. The number of pyridine rings is 2. The quantitative estimate of drug-likeness (QED) is 0.141. The molecular formula is C28H20ClF4N11O2. The Balaban J connectivity index is 1.42. The number of nitrogens with two attached hydrogens (primary N) is 1. The van der Waals surface area contributed by atoms with Crippen LogP contribution in [-0.4, -0.2) is 50.7 Å². The van der Waals surface area contributed by atoms with Crippen LogP contribution in [0, 0.1) is 11.0 Å². The number of primary amides is 1. The van der Waals surface area contributed by atoms with Gasteiger partial charge in [-0.15, -0.1) is 5.10 Å². The second-order valence-electron chi connectivity index (χ2n) is 10.0. The predicted octanol–water partition coefficient (Wildman–Crippen LogP) is 3.55. The Morgan fingerprint density at radius 1 is 1.11 bits per heavy atom. The second kappa shape index (κ2) is 12.0. The number of carbonyl (C=O) groups is 1. The Hall–Kier alpha value is -5.71. The van der Waals surface area contributed by atoms with Crippen molar-refractivity contribution in [1.82, 2.24) is 44.8 Å². The van der Waals surface area contributed by atoms with Crippen molar-refractivity contribution in [3.63, 3.8) is 0 Å². The van der Waals surface area contributed by atoms with Gasteiger partial charge in [-0.05, 0) is 52.4 Å². The van der Waals surface area contributed by atoms with Crippen molar-refractivity contribution in [1.29, 1.82) is 0 Å². The molecule has 0 saturated carbocycles. The molecule has 1 amide bonds. The zero-order valence-electron chi connectivity index (χ0n) is 23.3. The fourth-order valence-corrected chi connectivity index (χ4v) is 5.02. The summed E-state index contributed by atoms with van der Waals surface area (Å²) in [6.07, 6.45) is 3.10. The van der Waals surface area contributed by atoms with Gasteiger partial charge in [0.2, 0.25) is 11.6 Å².